The van der Waals surface area contributed by atoms with Crippen molar-refractivity contribution in [3.8, 4) is 0 Å². The molecule has 0 fully saturated rings. The van der Waals surface area contributed by atoms with Crippen molar-refractivity contribution in [3.63, 3.8) is 0 Å². The molecule has 1 N–H and O–H groups in total. The Morgan fingerprint density at radius 2 is 1.25 bits per heavy atom. The normalized spacial score (nSPS) is 14.2. The highest BCUT2D eigenvalue weighted by Crippen LogP contribution is 2.33. The standard InChI is InChI=1S/C18H23NO/c1-19(2)13-17(15-9-5-3-6-10-15)18(14-20)16-11-7-4-8-12-16/h3-12,17-18,20H,13-14H2,1-2H3. The van der Waals surface area contributed by atoms with Crippen LogP contribution in [0.15, 0.2) is 60.7 Å². The van der Waals surface area contributed by atoms with Gasteiger partial charge in [-0.3, -0.25) is 0 Å². The lowest BCUT2D eigenvalue weighted by Crippen LogP contribution is -2.26. The van der Waals surface area contributed by atoms with Gasteiger partial charge in [-0.1, -0.05) is 60.7 Å². The smallest absolute Gasteiger partial charge is 0.0506 e. The average Bonchev–Trinajstić information content (AvgIpc) is 2.49. The van der Waals surface area contributed by atoms with Crippen LogP contribution in [0.1, 0.15) is 23.0 Å². The van der Waals surface area contributed by atoms with Gasteiger partial charge in [-0.15, -0.1) is 0 Å². The number of aliphatic hydroxyl groups excluding tert-OH is 1. The van der Waals surface area contributed by atoms with Crippen molar-refractivity contribution in [3.05, 3.63) is 71.8 Å². The Labute approximate surface area is 121 Å². The van der Waals surface area contributed by atoms with E-state index in [9.17, 15) is 5.11 Å². The third kappa shape index (κ3) is 3.69. The molecule has 0 amide bonds. The molecule has 2 unspecified atom stereocenters. The lowest BCUT2D eigenvalue weighted by molar-refractivity contribution is 0.230. The summed E-state index contributed by atoms with van der Waals surface area (Å²) < 4.78 is 0. The van der Waals surface area contributed by atoms with Gasteiger partial charge >= 0.3 is 0 Å². The molecule has 2 aromatic carbocycles. The molecule has 2 nitrogen and oxygen atoms in total. The van der Waals surface area contributed by atoms with Crippen LogP contribution >= 0.6 is 0 Å². The highest BCUT2D eigenvalue weighted by atomic mass is 16.3. The maximum atomic E-state index is 9.91. The summed E-state index contributed by atoms with van der Waals surface area (Å²) in [6, 6.07) is 20.8. The van der Waals surface area contributed by atoms with Crippen molar-refractivity contribution < 1.29 is 5.11 Å². The summed E-state index contributed by atoms with van der Waals surface area (Å²) in [5.41, 5.74) is 2.48. The van der Waals surface area contributed by atoms with E-state index in [0.29, 0.717) is 5.92 Å². The van der Waals surface area contributed by atoms with Gasteiger partial charge in [-0.2, -0.15) is 0 Å². The van der Waals surface area contributed by atoms with E-state index in [1.54, 1.807) is 0 Å². The molecule has 0 saturated carbocycles. The number of rotatable bonds is 6. The SMILES string of the molecule is CN(C)CC(c1ccccc1)C(CO)c1ccccc1. The molecule has 0 spiro atoms. The molecule has 0 radical (unpaired) electrons. The van der Waals surface area contributed by atoms with Gasteiger partial charge in [0.15, 0.2) is 0 Å². The number of hydrogen-bond acceptors (Lipinski definition) is 2. The van der Waals surface area contributed by atoms with Gasteiger partial charge < -0.3 is 10.0 Å². The van der Waals surface area contributed by atoms with Crippen molar-refractivity contribution in [2.45, 2.75) is 11.8 Å². The predicted octanol–water partition coefficient (Wildman–Crippen LogP) is 3.11. The molecule has 2 rings (SSSR count). The average molecular weight is 269 g/mol. The second-order valence-electron chi connectivity index (χ2n) is 5.48. The predicted molar refractivity (Wildman–Crippen MR) is 84.0 cm³/mol. The molecule has 0 aromatic heterocycles. The van der Waals surface area contributed by atoms with Gasteiger partial charge in [0.2, 0.25) is 0 Å². The zero-order valence-corrected chi connectivity index (χ0v) is 12.2. The summed E-state index contributed by atoms with van der Waals surface area (Å²) in [5.74, 6) is 0.416. The summed E-state index contributed by atoms with van der Waals surface area (Å²) in [6.07, 6.45) is 0. The lowest BCUT2D eigenvalue weighted by atomic mass is 9.81. The summed E-state index contributed by atoms with van der Waals surface area (Å²) >= 11 is 0. The first-order valence-corrected chi connectivity index (χ1v) is 7.08. The molecule has 0 heterocycles. The Morgan fingerprint density at radius 1 is 0.800 bits per heavy atom. The Morgan fingerprint density at radius 3 is 1.65 bits per heavy atom. The molecule has 2 heteroatoms. The van der Waals surface area contributed by atoms with Crippen LogP contribution in [-0.2, 0) is 0 Å². The first kappa shape index (κ1) is 14.8. The zero-order chi connectivity index (χ0) is 14.4. The van der Waals surface area contributed by atoms with Gasteiger partial charge in [-0.25, -0.2) is 0 Å². The van der Waals surface area contributed by atoms with E-state index in [1.807, 2.05) is 24.3 Å². The fourth-order valence-corrected chi connectivity index (χ4v) is 2.72. The van der Waals surface area contributed by atoms with Gasteiger partial charge in [0, 0.05) is 18.4 Å². The van der Waals surface area contributed by atoms with Gasteiger partial charge in [-0.05, 0) is 25.2 Å². The molecule has 106 valence electrons. The van der Waals surface area contributed by atoms with Crippen LogP contribution in [0.3, 0.4) is 0 Å². The molecule has 0 aliphatic rings. The molecule has 2 aromatic rings. The second kappa shape index (κ2) is 7.22. The van der Waals surface area contributed by atoms with Crippen LogP contribution in [0.5, 0.6) is 0 Å². The van der Waals surface area contributed by atoms with Crippen LogP contribution in [-0.4, -0.2) is 37.3 Å². The number of nitrogens with zero attached hydrogens (tertiary/aromatic N) is 1. The van der Waals surface area contributed by atoms with E-state index in [4.69, 9.17) is 0 Å². The molecule has 0 aliphatic heterocycles. The van der Waals surface area contributed by atoms with Crippen LogP contribution in [0.2, 0.25) is 0 Å². The molecular formula is C18H23NO. The van der Waals surface area contributed by atoms with E-state index in [1.165, 1.54) is 11.1 Å². The number of aliphatic hydroxyl groups is 1. The first-order chi connectivity index (χ1) is 9.72. The third-order valence-electron chi connectivity index (χ3n) is 3.70. The molecule has 0 aliphatic carbocycles. The van der Waals surface area contributed by atoms with Crippen molar-refractivity contribution in [1.29, 1.82) is 0 Å². The van der Waals surface area contributed by atoms with E-state index in [0.717, 1.165) is 6.54 Å². The Hall–Kier alpha value is -1.64. The summed E-state index contributed by atoms with van der Waals surface area (Å²) in [6.45, 7) is 1.08. The molecule has 0 bridgehead atoms. The summed E-state index contributed by atoms with van der Waals surface area (Å²) in [5, 5.41) is 9.91. The van der Waals surface area contributed by atoms with Crippen LogP contribution in [0.4, 0.5) is 0 Å². The third-order valence-corrected chi connectivity index (χ3v) is 3.70. The minimum Gasteiger partial charge on any atom is -0.396 e. The minimum atomic E-state index is 0.126. The molecule has 0 saturated heterocycles. The first-order valence-electron chi connectivity index (χ1n) is 7.08. The van der Waals surface area contributed by atoms with Gasteiger partial charge in [0.05, 0.1) is 6.61 Å². The van der Waals surface area contributed by atoms with Crippen molar-refractivity contribution >= 4 is 0 Å². The quantitative estimate of drug-likeness (QED) is 0.871. The Balaban J connectivity index is 2.34. The number of hydrogen-bond donors (Lipinski definition) is 1. The monoisotopic (exact) mass is 269 g/mol. The van der Waals surface area contributed by atoms with Crippen LogP contribution < -0.4 is 0 Å². The maximum Gasteiger partial charge on any atom is 0.0506 e. The van der Waals surface area contributed by atoms with E-state index in [-0.39, 0.29) is 12.5 Å². The fraction of sp³-hybridized carbons (Fsp3) is 0.333. The highest BCUT2D eigenvalue weighted by molar-refractivity contribution is 5.29. The van der Waals surface area contributed by atoms with Crippen molar-refractivity contribution in [2.75, 3.05) is 27.2 Å². The second-order valence-corrected chi connectivity index (χ2v) is 5.48. The highest BCUT2D eigenvalue weighted by Gasteiger charge is 2.24. The van der Waals surface area contributed by atoms with Gasteiger partial charge in [0.1, 0.15) is 0 Å². The van der Waals surface area contributed by atoms with Gasteiger partial charge in [0.25, 0.3) is 0 Å². The van der Waals surface area contributed by atoms with Crippen LogP contribution in [0, 0.1) is 0 Å². The van der Waals surface area contributed by atoms with E-state index in [2.05, 4.69) is 55.4 Å². The minimum absolute atomic E-state index is 0.126. The fourth-order valence-electron chi connectivity index (χ4n) is 2.72. The Kier molecular flexibility index (Phi) is 5.33. The van der Waals surface area contributed by atoms with E-state index >= 15 is 0 Å². The summed E-state index contributed by atoms with van der Waals surface area (Å²) in [4.78, 5) is 2.18. The van der Waals surface area contributed by atoms with E-state index < -0.39 is 0 Å². The number of benzene rings is 2. The largest absolute Gasteiger partial charge is 0.396 e. The van der Waals surface area contributed by atoms with Crippen molar-refractivity contribution in [2.24, 2.45) is 0 Å². The lowest BCUT2D eigenvalue weighted by Gasteiger charge is -2.29. The Bertz CT molecular complexity index is 495. The summed E-state index contributed by atoms with van der Waals surface area (Å²) in [7, 11) is 4.16. The zero-order valence-electron chi connectivity index (χ0n) is 12.2. The molecule has 20 heavy (non-hydrogen) atoms. The molecular weight excluding hydrogens is 246 g/mol. The number of likely N-dealkylation sites (N-methyl/N-ethyl adjacent to an activating group) is 1. The van der Waals surface area contributed by atoms with Crippen molar-refractivity contribution in [1.82, 2.24) is 4.90 Å². The molecule has 2 atom stereocenters. The maximum absolute atomic E-state index is 9.91. The topological polar surface area (TPSA) is 23.5 Å². The van der Waals surface area contributed by atoms with Crippen LogP contribution in [0.25, 0.3) is 0 Å².